The van der Waals surface area contributed by atoms with Crippen LogP contribution in [0.25, 0.3) is 0 Å². The van der Waals surface area contributed by atoms with Crippen LogP contribution in [0.3, 0.4) is 0 Å². The maximum absolute atomic E-state index is 13.2. The molecule has 112 valence electrons. The average molecular weight is 310 g/mol. The van der Waals surface area contributed by atoms with Gasteiger partial charge in [0.05, 0.1) is 6.04 Å². The molecule has 0 saturated heterocycles. The molecule has 1 N–H and O–H groups in total. The minimum atomic E-state index is -0.265. The number of hydrogen-bond acceptors (Lipinski definition) is 4. The molecule has 1 atom stereocenters. The third-order valence-electron chi connectivity index (χ3n) is 2.89. The van der Waals surface area contributed by atoms with E-state index in [0.717, 1.165) is 5.56 Å². The number of nitrogens with one attached hydrogen (secondary N) is 1. The summed E-state index contributed by atoms with van der Waals surface area (Å²) >= 11 is 5.98. The van der Waals surface area contributed by atoms with Crippen LogP contribution in [0.2, 0.25) is 5.15 Å². The zero-order chi connectivity index (χ0) is 15.2. The molecule has 0 aliphatic rings. The third-order valence-corrected chi connectivity index (χ3v) is 3.08. The Balaban J connectivity index is 2.13. The Morgan fingerprint density at radius 2 is 2.14 bits per heavy atom. The molecule has 1 aromatic carbocycles. The van der Waals surface area contributed by atoms with E-state index < -0.39 is 0 Å². The van der Waals surface area contributed by atoms with Crippen molar-refractivity contribution in [3.05, 3.63) is 52.7 Å². The second-order valence-electron chi connectivity index (χ2n) is 4.55. The fraction of sp³-hybridized carbons (Fsp3) is 0.333. The van der Waals surface area contributed by atoms with Crippen LogP contribution in [0.4, 0.5) is 10.2 Å². The van der Waals surface area contributed by atoms with Gasteiger partial charge in [0.2, 0.25) is 0 Å². The second-order valence-corrected chi connectivity index (χ2v) is 4.94. The van der Waals surface area contributed by atoms with Crippen LogP contribution in [0, 0.1) is 5.82 Å². The number of aromatic nitrogens is 2. The van der Waals surface area contributed by atoms with E-state index in [1.165, 1.54) is 12.1 Å². The molecule has 0 bridgehead atoms. The first-order chi connectivity index (χ1) is 10.1. The Kier molecular flexibility index (Phi) is 5.47. The minimum absolute atomic E-state index is 0.105. The van der Waals surface area contributed by atoms with Gasteiger partial charge in [0.1, 0.15) is 23.4 Å². The number of anilines is 1. The summed E-state index contributed by atoms with van der Waals surface area (Å²) in [5, 5.41) is 3.53. The van der Waals surface area contributed by atoms with Crippen molar-refractivity contribution >= 4 is 17.4 Å². The van der Waals surface area contributed by atoms with Crippen molar-refractivity contribution in [2.24, 2.45) is 0 Å². The van der Waals surface area contributed by atoms with Gasteiger partial charge in [-0.25, -0.2) is 14.4 Å². The van der Waals surface area contributed by atoms with E-state index in [1.807, 2.05) is 19.9 Å². The lowest BCUT2D eigenvalue weighted by molar-refractivity contribution is 0.128. The molecule has 1 heterocycles. The van der Waals surface area contributed by atoms with E-state index in [2.05, 4.69) is 15.3 Å². The van der Waals surface area contributed by atoms with Crippen LogP contribution in [-0.4, -0.2) is 16.6 Å². The normalized spacial score (nSPS) is 12.2. The molecule has 0 amide bonds. The maximum Gasteiger partial charge on any atom is 0.158 e. The van der Waals surface area contributed by atoms with E-state index in [9.17, 15) is 4.39 Å². The van der Waals surface area contributed by atoms with Gasteiger partial charge < -0.3 is 10.1 Å². The highest BCUT2D eigenvalue weighted by atomic mass is 35.5. The van der Waals surface area contributed by atoms with E-state index in [1.54, 1.807) is 12.1 Å². The van der Waals surface area contributed by atoms with Gasteiger partial charge in [-0.1, -0.05) is 23.7 Å². The van der Waals surface area contributed by atoms with Gasteiger partial charge in [-0.05, 0) is 31.5 Å². The highest BCUT2D eigenvalue weighted by Gasteiger charge is 2.09. The summed E-state index contributed by atoms with van der Waals surface area (Å²) in [7, 11) is 0. The first kappa shape index (κ1) is 15.7. The van der Waals surface area contributed by atoms with Gasteiger partial charge >= 0.3 is 0 Å². The predicted molar refractivity (Wildman–Crippen MR) is 80.8 cm³/mol. The first-order valence-electron chi connectivity index (χ1n) is 6.71. The number of ether oxygens (including phenoxy) is 1. The lowest BCUT2D eigenvalue weighted by Crippen LogP contribution is -2.10. The van der Waals surface area contributed by atoms with E-state index >= 15 is 0 Å². The van der Waals surface area contributed by atoms with Crippen molar-refractivity contribution in [3.63, 3.8) is 0 Å². The van der Waals surface area contributed by atoms with Gasteiger partial charge in [0, 0.05) is 12.7 Å². The van der Waals surface area contributed by atoms with Crippen molar-refractivity contribution < 1.29 is 9.13 Å². The fourth-order valence-corrected chi connectivity index (χ4v) is 2.08. The number of hydrogen-bond donors (Lipinski definition) is 1. The quantitative estimate of drug-likeness (QED) is 0.820. The van der Waals surface area contributed by atoms with Gasteiger partial charge in [-0.15, -0.1) is 0 Å². The van der Waals surface area contributed by atoms with Gasteiger partial charge in [0.25, 0.3) is 0 Å². The van der Waals surface area contributed by atoms with E-state index in [0.29, 0.717) is 30.0 Å². The largest absolute Gasteiger partial charge is 0.374 e. The van der Waals surface area contributed by atoms with Crippen LogP contribution < -0.4 is 5.32 Å². The molecule has 6 heteroatoms. The van der Waals surface area contributed by atoms with Crippen LogP contribution in [0.15, 0.2) is 30.3 Å². The summed E-state index contributed by atoms with van der Waals surface area (Å²) in [4.78, 5) is 8.43. The molecular weight excluding hydrogens is 293 g/mol. The summed E-state index contributed by atoms with van der Waals surface area (Å²) < 4.78 is 18.5. The van der Waals surface area contributed by atoms with Crippen molar-refractivity contribution in [2.45, 2.75) is 26.5 Å². The molecule has 0 saturated carbocycles. The molecule has 2 aromatic rings. The summed E-state index contributed by atoms with van der Waals surface area (Å²) in [6, 6.07) is 7.96. The number of benzene rings is 1. The monoisotopic (exact) mass is 309 g/mol. The molecule has 0 spiro atoms. The Morgan fingerprint density at radius 1 is 1.33 bits per heavy atom. The third kappa shape index (κ3) is 4.65. The lowest BCUT2D eigenvalue weighted by atomic mass is 10.1. The molecular formula is C15H17ClFN3O. The fourth-order valence-electron chi connectivity index (χ4n) is 1.88. The Bertz CT molecular complexity index is 609. The van der Waals surface area contributed by atoms with Crippen LogP contribution in [0.1, 0.15) is 31.3 Å². The van der Waals surface area contributed by atoms with E-state index in [4.69, 9.17) is 16.3 Å². The number of rotatable bonds is 6. The van der Waals surface area contributed by atoms with Crippen LogP contribution >= 0.6 is 11.6 Å². The van der Waals surface area contributed by atoms with Gasteiger partial charge in [0.15, 0.2) is 5.82 Å². The van der Waals surface area contributed by atoms with Crippen LogP contribution in [-0.2, 0) is 11.3 Å². The lowest BCUT2D eigenvalue weighted by Gasteiger charge is -2.15. The molecule has 0 aliphatic heterocycles. The number of nitrogens with zero attached hydrogens (tertiary/aromatic N) is 2. The molecule has 0 radical (unpaired) electrons. The van der Waals surface area contributed by atoms with E-state index in [-0.39, 0.29) is 11.9 Å². The molecule has 1 aromatic heterocycles. The molecule has 0 fully saturated rings. The Morgan fingerprint density at radius 3 is 2.86 bits per heavy atom. The molecule has 21 heavy (non-hydrogen) atoms. The van der Waals surface area contributed by atoms with Crippen molar-refractivity contribution in [2.75, 3.05) is 11.9 Å². The molecule has 1 unspecified atom stereocenters. The maximum atomic E-state index is 13.2. The average Bonchev–Trinajstić information content (AvgIpc) is 2.44. The Hall–Kier alpha value is -1.72. The van der Waals surface area contributed by atoms with Crippen LogP contribution in [0.5, 0.6) is 0 Å². The molecule has 4 nitrogen and oxygen atoms in total. The van der Waals surface area contributed by atoms with Crippen molar-refractivity contribution in [1.82, 2.24) is 9.97 Å². The van der Waals surface area contributed by atoms with Crippen molar-refractivity contribution in [1.29, 1.82) is 0 Å². The van der Waals surface area contributed by atoms with Crippen molar-refractivity contribution in [3.8, 4) is 0 Å². The van der Waals surface area contributed by atoms with Gasteiger partial charge in [-0.2, -0.15) is 0 Å². The standard InChI is InChI=1S/C15H17ClFN3O/c1-3-21-9-15-19-13(16)8-14(20-15)18-10(2)11-5-4-6-12(17)7-11/h4-8,10H,3,9H2,1-2H3,(H,18,19,20). The topological polar surface area (TPSA) is 47.0 Å². The summed E-state index contributed by atoms with van der Waals surface area (Å²) in [6.45, 7) is 4.71. The smallest absolute Gasteiger partial charge is 0.158 e. The van der Waals surface area contributed by atoms with Gasteiger partial charge in [-0.3, -0.25) is 0 Å². The summed E-state index contributed by atoms with van der Waals surface area (Å²) in [5.41, 5.74) is 0.830. The zero-order valence-corrected chi connectivity index (χ0v) is 12.7. The summed E-state index contributed by atoms with van der Waals surface area (Å²) in [5.74, 6) is 0.832. The predicted octanol–water partition coefficient (Wildman–Crippen LogP) is 3.98. The zero-order valence-electron chi connectivity index (χ0n) is 11.9. The Labute approximate surface area is 128 Å². The first-order valence-corrected chi connectivity index (χ1v) is 7.09. The SMILES string of the molecule is CCOCc1nc(Cl)cc(NC(C)c2cccc(F)c2)n1. The minimum Gasteiger partial charge on any atom is -0.374 e. The molecule has 0 aliphatic carbocycles. The highest BCUT2D eigenvalue weighted by Crippen LogP contribution is 2.20. The molecule has 2 rings (SSSR count). The number of halogens is 2. The highest BCUT2D eigenvalue weighted by molar-refractivity contribution is 6.29. The summed E-state index contributed by atoms with van der Waals surface area (Å²) in [6.07, 6.45) is 0. The second kappa shape index (κ2) is 7.33.